The van der Waals surface area contributed by atoms with Crippen molar-refractivity contribution in [2.45, 2.75) is 52.2 Å². The maximum absolute atomic E-state index is 9.43. The van der Waals surface area contributed by atoms with Gasteiger partial charge in [-0.05, 0) is 43.4 Å². The second kappa shape index (κ2) is 7.04. The summed E-state index contributed by atoms with van der Waals surface area (Å²) in [4.78, 5) is 7.04. The molecule has 0 amide bonds. The molecule has 1 aliphatic heterocycles. The standard InChI is InChI=1S/C16H26N2O2/c1-4-20-14-6-5-7-18(10-14)16-9-13(11-19)8-15(17-16)12(2)3/h8-9,12,14,19H,4-7,10-11H2,1-3H3. The number of rotatable bonds is 5. The van der Waals surface area contributed by atoms with E-state index in [4.69, 9.17) is 9.72 Å². The first kappa shape index (κ1) is 15.3. The number of piperidine rings is 1. The first-order valence-electron chi connectivity index (χ1n) is 7.62. The molecule has 1 unspecified atom stereocenters. The highest BCUT2D eigenvalue weighted by molar-refractivity contribution is 5.43. The van der Waals surface area contributed by atoms with Gasteiger partial charge in [-0.1, -0.05) is 13.8 Å². The molecule has 1 aromatic rings. The molecule has 112 valence electrons. The van der Waals surface area contributed by atoms with Crippen molar-refractivity contribution in [2.75, 3.05) is 24.6 Å². The van der Waals surface area contributed by atoms with E-state index in [9.17, 15) is 5.11 Å². The normalized spacial score (nSPS) is 19.6. The summed E-state index contributed by atoms with van der Waals surface area (Å²) in [7, 11) is 0. The van der Waals surface area contributed by atoms with Gasteiger partial charge in [0.2, 0.25) is 0 Å². The molecule has 20 heavy (non-hydrogen) atoms. The van der Waals surface area contributed by atoms with Gasteiger partial charge in [0.1, 0.15) is 5.82 Å². The quantitative estimate of drug-likeness (QED) is 0.899. The lowest BCUT2D eigenvalue weighted by Gasteiger charge is -2.33. The van der Waals surface area contributed by atoms with E-state index in [0.29, 0.717) is 12.0 Å². The molecule has 4 nitrogen and oxygen atoms in total. The number of aliphatic hydroxyl groups is 1. The summed E-state index contributed by atoms with van der Waals surface area (Å²) in [6.07, 6.45) is 2.56. The van der Waals surface area contributed by atoms with Crippen LogP contribution in [0.2, 0.25) is 0 Å². The molecular weight excluding hydrogens is 252 g/mol. The molecule has 0 aromatic carbocycles. The van der Waals surface area contributed by atoms with Gasteiger partial charge >= 0.3 is 0 Å². The molecule has 1 aliphatic rings. The zero-order valence-corrected chi connectivity index (χ0v) is 12.8. The predicted molar refractivity (Wildman–Crippen MR) is 81.1 cm³/mol. The van der Waals surface area contributed by atoms with Crippen molar-refractivity contribution in [1.29, 1.82) is 0 Å². The van der Waals surface area contributed by atoms with Crippen molar-refractivity contribution >= 4 is 5.82 Å². The number of anilines is 1. The zero-order valence-electron chi connectivity index (χ0n) is 12.8. The first-order chi connectivity index (χ1) is 9.63. The maximum atomic E-state index is 9.43. The summed E-state index contributed by atoms with van der Waals surface area (Å²) in [6.45, 7) is 9.05. The molecule has 0 bridgehead atoms. The highest BCUT2D eigenvalue weighted by atomic mass is 16.5. The van der Waals surface area contributed by atoms with E-state index in [1.807, 2.05) is 19.1 Å². The van der Waals surface area contributed by atoms with E-state index in [2.05, 4.69) is 18.7 Å². The lowest BCUT2D eigenvalue weighted by Crippen LogP contribution is -2.40. The Morgan fingerprint density at radius 1 is 1.45 bits per heavy atom. The van der Waals surface area contributed by atoms with Crippen LogP contribution in [-0.2, 0) is 11.3 Å². The third-order valence-electron chi connectivity index (χ3n) is 3.77. The van der Waals surface area contributed by atoms with E-state index in [1.54, 1.807) is 0 Å². The number of pyridine rings is 1. The molecule has 1 N–H and O–H groups in total. The molecular formula is C16H26N2O2. The molecule has 2 rings (SSSR count). The van der Waals surface area contributed by atoms with Crippen molar-refractivity contribution < 1.29 is 9.84 Å². The molecule has 4 heteroatoms. The minimum Gasteiger partial charge on any atom is -0.392 e. The van der Waals surface area contributed by atoms with Gasteiger partial charge in [-0.3, -0.25) is 0 Å². The Bertz CT molecular complexity index is 432. The summed E-state index contributed by atoms with van der Waals surface area (Å²) in [5, 5.41) is 9.43. The lowest BCUT2D eigenvalue weighted by atomic mass is 10.1. The van der Waals surface area contributed by atoms with E-state index >= 15 is 0 Å². The van der Waals surface area contributed by atoms with Crippen LogP contribution in [0.25, 0.3) is 0 Å². The summed E-state index contributed by atoms with van der Waals surface area (Å²) >= 11 is 0. The van der Waals surface area contributed by atoms with Crippen LogP contribution in [0, 0.1) is 0 Å². The number of aliphatic hydroxyl groups excluding tert-OH is 1. The Morgan fingerprint density at radius 3 is 2.90 bits per heavy atom. The Morgan fingerprint density at radius 2 is 2.25 bits per heavy atom. The molecule has 1 fully saturated rings. The topological polar surface area (TPSA) is 45.6 Å². The molecule has 1 saturated heterocycles. The zero-order chi connectivity index (χ0) is 14.5. The fourth-order valence-electron chi connectivity index (χ4n) is 2.66. The first-order valence-corrected chi connectivity index (χ1v) is 7.62. The van der Waals surface area contributed by atoms with Gasteiger partial charge in [-0.2, -0.15) is 0 Å². The minimum absolute atomic E-state index is 0.0674. The molecule has 1 atom stereocenters. The largest absolute Gasteiger partial charge is 0.392 e. The number of aromatic nitrogens is 1. The second-order valence-electron chi connectivity index (χ2n) is 5.74. The Balaban J connectivity index is 2.20. The van der Waals surface area contributed by atoms with E-state index in [-0.39, 0.29) is 6.61 Å². The fraction of sp³-hybridized carbons (Fsp3) is 0.688. The van der Waals surface area contributed by atoms with Crippen molar-refractivity contribution in [2.24, 2.45) is 0 Å². The molecule has 0 radical (unpaired) electrons. The van der Waals surface area contributed by atoms with Crippen LogP contribution >= 0.6 is 0 Å². The van der Waals surface area contributed by atoms with Gasteiger partial charge in [0.15, 0.2) is 0 Å². The SMILES string of the molecule is CCOC1CCCN(c2cc(CO)cc(C(C)C)n2)C1. The average Bonchev–Trinajstić information content (AvgIpc) is 2.47. The van der Waals surface area contributed by atoms with Crippen LogP contribution in [0.15, 0.2) is 12.1 Å². The van der Waals surface area contributed by atoms with Gasteiger partial charge in [-0.25, -0.2) is 4.98 Å². The molecule has 0 saturated carbocycles. The Labute approximate surface area is 121 Å². The summed E-state index contributed by atoms with van der Waals surface area (Å²) in [5.74, 6) is 1.34. The van der Waals surface area contributed by atoms with Crippen molar-refractivity contribution in [1.82, 2.24) is 4.98 Å². The summed E-state index contributed by atoms with van der Waals surface area (Å²) < 4.78 is 5.75. The number of ether oxygens (including phenoxy) is 1. The fourth-order valence-corrected chi connectivity index (χ4v) is 2.66. The van der Waals surface area contributed by atoms with Gasteiger partial charge in [-0.15, -0.1) is 0 Å². The third kappa shape index (κ3) is 3.70. The minimum atomic E-state index is 0.0674. The third-order valence-corrected chi connectivity index (χ3v) is 3.77. The summed E-state index contributed by atoms with van der Waals surface area (Å²) in [6, 6.07) is 4.00. The van der Waals surface area contributed by atoms with Crippen LogP contribution in [-0.4, -0.2) is 35.9 Å². The lowest BCUT2D eigenvalue weighted by molar-refractivity contribution is 0.0525. The van der Waals surface area contributed by atoms with Crippen LogP contribution in [0.5, 0.6) is 0 Å². The van der Waals surface area contributed by atoms with Crippen LogP contribution < -0.4 is 4.90 Å². The highest BCUT2D eigenvalue weighted by Gasteiger charge is 2.22. The van der Waals surface area contributed by atoms with E-state index in [0.717, 1.165) is 49.6 Å². The monoisotopic (exact) mass is 278 g/mol. The second-order valence-corrected chi connectivity index (χ2v) is 5.74. The Hall–Kier alpha value is -1.13. The van der Waals surface area contributed by atoms with Crippen molar-refractivity contribution in [3.8, 4) is 0 Å². The van der Waals surface area contributed by atoms with Crippen molar-refractivity contribution in [3.63, 3.8) is 0 Å². The summed E-state index contributed by atoms with van der Waals surface area (Å²) in [5.41, 5.74) is 1.99. The number of hydrogen-bond acceptors (Lipinski definition) is 4. The van der Waals surface area contributed by atoms with Gasteiger partial charge in [0.25, 0.3) is 0 Å². The molecule has 2 heterocycles. The van der Waals surface area contributed by atoms with Crippen LogP contribution in [0.1, 0.15) is 50.8 Å². The van der Waals surface area contributed by atoms with E-state index in [1.165, 1.54) is 0 Å². The average molecular weight is 278 g/mol. The van der Waals surface area contributed by atoms with Gasteiger partial charge in [0, 0.05) is 25.4 Å². The smallest absolute Gasteiger partial charge is 0.129 e. The van der Waals surface area contributed by atoms with Crippen LogP contribution in [0.3, 0.4) is 0 Å². The van der Waals surface area contributed by atoms with Gasteiger partial charge in [0.05, 0.1) is 12.7 Å². The van der Waals surface area contributed by atoms with Crippen LogP contribution in [0.4, 0.5) is 5.82 Å². The van der Waals surface area contributed by atoms with Crippen molar-refractivity contribution in [3.05, 3.63) is 23.4 Å². The number of nitrogens with zero attached hydrogens (tertiary/aromatic N) is 2. The maximum Gasteiger partial charge on any atom is 0.129 e. The molecule has 0 spiro atoms. The molecule has 0 aliphatic carbocycles. The predicted octanol–water partition coefficient (Wildman–Crippen LogP) is 2.70. The Kier molecular flexibility index (Phi) is 5.38. The van der Waals surface area contributed by atoms with E-state index < -0.39 is 0 Å². The molecule has 1 aromatic heterocycles. The number of hydrogen-bond donors (Lipinski definition) is 1. The highest BCUT2D eigenvalue weighted by Crippen LogP contribution is 2.24. The van der Waals surface area contributed by atoms with Gasteiger partial charge < -0.3 is 14.7 Å².